The molecule has 2 atom stereocenters. The molecule has 2 N–H and O–H groups in total. The Balaban J connectivity index is 0.000000309. The molecule has 0 spiro atoms. The number of aliphatic imine (C=N–C) groups is 1. The summed E-state index contributed by atoms with van der Waals surface area (Å²) in [5, 5.41) is -0.0644. The number of nitrogens with zero attached hydrogens (tertiary/aromatic N) is 2. The zero-order chi connectivity index (χ0) is 16.2. The molecular formula is C13H18N2O5S2. The molecule has 0 aromatic heterocycles. The Morgan fingerprint density at radius 1 is 1.23 bits per heavy atom. The Kier molecular flexibility index (Phi) is 5.81. The van der Waals surface area contributed by atoms with E-state index < -0.39 is 21.6 Å². The first kappa shape index (κ1) is 17.2. The maximum Gasteiger partial charge on any atom is 0.394 e. The predicted molar refractivity (Wildman–Crippen MR) is 83.7 cm³/mol. The summed E-state index contributed by atoms with van der Waals surface area (Å²) < 4.78 is 44.0. The molecule has 1 aromatic rings. The van der Waals surface area contributed by atoms with Gasteiger partial charge in [0.15, 0.2) is 4.90 Å². The summed E-state index contributed by atoms with van der Waals surface area (Å²) >= 11 is -1.00. The lowest BCUT2D eigenvalue weighted by atomic mass is 10.1. The number of amidine groups is 1. The van der Waals surface area contributed by atoms with E-state index in [0.717, 1.165) is 24.4 Å². The lowest BCUT2D eigenvalue weighted by molar-refractivity contribution is 0.381. The molecule has 7 nitrogen and oxygen atoms in total. The highest BCUT2D eigenvalue weighted by molar-refractivity contribution is 7.92. The lowest BCUT2D eigenvalue weighted by Crippen LogP contribution is -2.34. The van der Waals surface area contributed by atoms with Gasteiger partial charge in [0.25, 0.3) is 0 Å². The van der Waals surface area contributed by atoms with Crippen molar-refractivity contribution in [3.05, 3.63) is 30.3 Å². The highest BCUT2D eigenvalue weighted by Crippen LogP contribution is 2.25. The monoisotopic (exact) mass is 346 g/mol. The number of fused-ring (bicyclic) bond motifs is 1. The highest BCUT2D eigenvalue weighted by Gasteiger charge is 2.34. The van der Waals surface area contributed by atoms with E-state index >= 15 is 0 Å². The van der Waals surface area contributed by atoms with Gasteiger partial charge in [-0.25, -0.2) is 4.99 Å². The fourth-order valence-electron chi connectivity index (χ4n) is 2.44. The third-order valence-corrected chi connectivity index (χ3v) is 4.82. The normalized spacial score (nSPS) is 22.2. The topological polar surface area (TPSA) is 113 Å². The van der Waals surface area contributed by atoms with Crippen LogP contribution in [0.4, 0.5) is 0 Å². The molecule has 22 heavy (non-hydrogen) atoms. The fraction of sp³-hybridized carbons (Fsp3) is 0.462. The maximum absolute atomic E-state index is 12.4. The second-order valence-electron chi connectivity index (χ2n) is 4.96. The number of piperidine rings is 1. The van der Waals surface area contributed by atoms with E-state index in [4.69, 9.17) is 17.5 Å². The molecule has 3 rings (SSSR count). The first-order chi connectivity index (χ1) is 10.3. The van der Waals surface area contributed by atoms with Gasteiger partial charge in [0.2, 0.25) is 5.37 Å². The third kappa shape index (κ3) is 5.25. The Morgan fingerprint density at radius 3 is 2.45 bits per heavy atom. The minimum absolute atomic E-state index is 0.0644. The van der Waals surface area contributed by atoms with E-state index in [-0.39, 0.29) is 5.37 Å². The van der Waals surface area contributed by atoms with E-state index in [2.05, 4.69) is 9.89 Å². The molecule has 0 saturated carbocycles. The van der Waals surface area contributed by atoms with Crippen LogP contribution >= 0.6 is 0 Å². The number of hydrogen-bond donors (Lipinski definition) is 2. The zero-order valence-electron chi connectivity index (χ0n) is 11.8. The Hall–Kier alpha value is -1.13. The molecule has 122 valence electrons. The molecule has 1 fully saturated rings. The standard InChI is InChI=1S/C13H16N2OS.H2O4S/c16-17(11-6-2-1-3-7-11)13-10-15-9-5-4-8-12(15)14-13;1-5(2,3)4/h1-3,6-7,13H,4-5,8-10H2;(H2,1,2,3,4). The molecule has 1 saturated heterocycles. The van der Waals surface area contributed by atoms with E-state index in [0.29, 0.717) is 0 Å². The van der Waals surface area contributed by atoms with Gasteiger partial charge in [-0.2, -0.15) is 8.42 Å². The molecule has 1 aromatic carbocycles. The van der Waals surface area contributed by atoms with Crippen molar-refractivity contribution in [2.45, 2.75) is 29.5 Å². The van der Waals surface area contributed by atoms with Crippen LogP contribution in [0.1, 0.15) is 19.3 Å². The lowest BCUT2D eigenvalue weighted by Gasteiger charge is -2.24. The highest BCUT2D eigenvalue weighted by atomic mass is 32.3. The van der Waals surface area contributed by atoms with Crippen molar-refractivity contribution in [3.63, 3.8) is 0 Å². The third-order valence-electron chi connectivity index (χ3n) is 3.34. The molecule has 0 aliphatic carbocycles. The molecule has 2 heterocycles. The van der Waals surface area contributed by atoms with Gasteiger partial charge in [-0.1, -0.05) is 18.2 Å². The van der Waals surface area contributed by atoms with Gasteiger partial charge in [0, 0.05) is 24.1 Å². The van der Waals surface area contributed by atoms with Crippen LogP contribution in [0.25, 0.3) is 0 Å². The summed E-state index contributed by atoms with van der Waals surface area (Å²) in [4.78, 5) is 7.82. The molecule has 2 aliphatic heterocycles. The van der Waals surface area contributed by atoms with Gasteiger partial charge >= 0.3 is 10.4 Å². The number of benzene rings is 1. The van der Waals surface area contributed by atoms with Gasteiger partial charge in [-0.15, -0.1) is 0 Å². The smallest absolute Gasteiger partial charge is 0.394 e. The molecular weight excluding hydrogens is 328 g/mol. The predicted octanol–water partition coefficient (Wildman–Crippen LogP) is 1.37. The van der Waals surface area contributed by atoms with Crippen LogP contribution in [0.2, 0.25) is 0 Å². The van der Waals surface area contributed by atoms with Crippen molar-refractivity contribution in [3.8, 4) is 0 Å². The van der Waals surface area contributed by atoms with Crippen LogP contribution in [0.5, 0.6) is 0 Å². The minimum atomic E-state index is -4.67. The SMILES string of the molecule is O=S(=O)(O)O.[O-][S+](c1ccccc1)C1CN2CCCCC2=N1. The molecule has 2 aliphatic rings. The summed E-state index contributed by atoms with van der Waals surface area (Å²) in [6.45, 7) is 1.91. The van der Waals surface area contributed by atoms with Crippen LogP contribution in [-0.2, 0) is 21.6 Å². The Bertz CT molecular complexity index is 613. The van der Waals surface area contributed by atoms with Crippen LogP contribution in [-0.4, -0.2) is 51.3 Å². The molecule has 2 unspecified atom stereocenters. The maximum atomic E-state index is 12.4. The van der Waals surface area contributed by atoms with Crippen molar-refractivity contribution in [2.75, 3.05) is 13.1 Å². The second-order valence-corrected chi connectivity index (χ2v) is 7.47. The molecule has 0 amide bonds. The summed E-state index contributed by atoms with van der Waals surface area (Å²) in [5.41, 5.74) is 0. The summed E-state index contributed by atoms with van der Waals surface area (Å²) in [5.74, 6) is 1.17. The average Bonchev–Trinajstić information content (AvgIpc) is 2.89. The first-order valence-electron chi connectivity index (χ1n) is 6.82. The first-order valence-corrected chi connectivity index (χ1v) is 9.43. The largest absolute Gasteiger partial charge is 0.610 e. The van der Waals surface area contributed by atoms with Crippen molar-refractivity contribution in [1.82, 2.24) is 4.90 Å². The quantitative estimate of drug-likeness (QED) is 0.617. The summed E-state index contributed by atoms with van der Waals surface area (Å²) in [6.07, 6.45) is 3.52. The zero-order valence-corrected chi connectivity index (χ0v) is 13.5. The van der Waals surface area contributed by atoms with E-state index in [1.807, 2.05) is 30.3 Å². The average molecular weight is 346 g/mol. The Labute approximate surface area is 132 Å². The van der Waals surface area contributed by atoms with Gasteiger partial charge in [-0.3, -0.25) is 9.11 Å². The molecule has 0 radical (unpaired) electrons. The fourth-order valence-corrected chi connectivity index (χ4v) is 3.71. The second kappa shape index (κ2) is 7.42. The van der Waals surface area contributed by atoms with Crippen LogP contribution in [0, 0.1) is 0 Å². The minimum Gasteiger partial charge on any atom is -0.610 e. The molecule has 0 bridgehead atoms. The van der Waals surface area contributed by atoms with Crippen molar-refractivity contribution in [2.24, 2.45) is 4.99 Å². The van der Waals surface area contributed by atoms with Gasteiger partial charge in [-0.05, 0) is 25.0 Å². The van der Waals surface area contributed by atoms with E-state index in [9.17, 15) is 4.55 Å². The van der Waals surface area contributed by atoms with Crippen molar-refractivity contribution >= 4 is 27.4 Å². The van der Waals surface area contributed by atoms with E-state index in [1.165, 1.54) is 18.7 Å². The number of hydrogen-bond acceptors (Lipinski definition) is 5. The van der Waals surface area contributed by atoms with Crippen LogP contribution in [0.15, 0.2) is 40.2 Å². The van der Waals surface area contributed by atoms with Crippen molar-refractivity contribution < 1.29 is 22.1 Å². The summed E-state index contributed by atoms with van der Waals surface area (Å²) in [7, 11) is -4.67. The summed E-state index contributed by atoms with van der Waals surface area (Å²) in [6, 6.07) is 9.66. The van der Waals surface area contributed by atoms with Gasteiger partial charge < -0.3 is 9.45 Å². The van der Waals surface area contributed by atoms with Crippen LogP contribution < -0.4 is 0 Å². The number of rotatable bonds is 2. The van der Waals surface area contributed by atoms with Gasteiger partial charge in [0.1, 0.15) is 5.84 Å². The Morgan fingerprint density at radius 2 is 1.86 bits per heavy atom. The van der Waals surface area contributed by atoms with Gasteiger partial charge in [0.05, 0.1) is 6.54 Å². The van der Waals surface area contributed by atoms with Crippen molar-refractivity contribution in [1.29, 1.82) is 0 Å². The van der Waals surface area contributed by atoms with Crippen LogP contribution in [0.3, 0.4) is 0 Å². The molecule has 9 heteroatoms. The van der Waals surface area contributed by atoms with E-state index in [1.54, 1.807) is 0 Å².